The molecule has 1 unspecified atom stereocenters. The Morgan fingerprint density at radius 2 is 1.86 bits per heavy atom. The fraction of sp³-hybridized carbons (Fsp3) is 0.632. The smallest absolute Gasteiger partial charge is 0.407 e. The fourth-order valence-corrected chi connectivity index (χ4v) is 2.99. The number of hydrogen-bond donors (Lipinski definition) is 1. The summed E-state index contributed by atoms with van der Waals surface area (Å²) in [6.07, 6.45) is 3.16. The van der Waals surface area contributed by atoms with Crippen molar-refractivity contribution in [1.82, 2.24) is 10.2 Å². The molecule has 0 aromatic heterocycles. The van der Waals surface area contributed by atoms with Crippen molar-refractivity contribution in [2.45, 2.75) is 64.9 Å². The van der Waals surface area contributed by atoms with Crippen molar-refractivity contribution >= 4 is 17.8 Å². The lowest BCUT2D eigenvalue weighted by atomic mass is 10.1. The summed E-state index contributed by atoms with van der Waals surface area (Å²) in [4.78, 5) is 36.8. The van der Waals surface area contributed by atoms with Crippen LogP contribution in [0.2, 0.25) is 0 Å². The minimum absolute atomic E-state index is 0.0406. The number of rotatable bonds is 6. The quantitative estimate of drug-likeness (QED) is 0.528. The second-order valence-electron chi connectivity index (χ2n) is 7.08. The van der Waals surface area contributed by atoms with E-state index in [-0.39, 0.29) is 24.8 Å². The average molecular weight is 394 g/mol. The number of nitrogens with one attached hydrogen (secondary N) is 1. The Hall–Kier alpha value is -2.41. The van der Waals surface area contributed by atoms with E-state index in [0.717, 1.165) is 0 Å². The summed E-state index contributed by atoms with van der Waals surface area (Å²) in [6, 6.07) is 0. The predicted molar refractivity (Wildman–Crippen MR) is 97.6 cm³/mol. The summed E-state index contributed by atoms with van der Waals surface area (Å²) < 4.78 is 22.9. The zero-order valence-electron chi connectivity index (χ0n) is 16.7. The molecule has 2 aliphatic heterocycles. The molecule has 4 atom stereocenters. The molecule has 0 spiro atoms. The topological polar surface area (TPSA) is 103 Å². The Bertz CT molecular complexity index is 710. The normalized spacial score (nSPS) is 28.2. The first-order valence-electron chi connectivity index (χ1n) is 8.89. The van der Waals surface area contributed by atoms with Crippen LogP contribution in [0.5, 0.6) is 0 Å². The van der Waals surface area contributed by atoms with Crippen molar-refractivity contribution < 1.29 is 33.3 Å². The maximum absolute atomic E-state index is 12.2. The summed E-state index contributed by atoms with van der Waals surface area (Å²) in [5.74, 6) is 0.871. The average Bonchev–Trinajstić information content (AvgIpc) is 3.08. The molecule has 0 saturated carbocycles. The number of allylic oxidation sites excluding steroid dienone is 1. The third-order valence-corrected chi connectivity index (χ3v) is 4.36. The van der Waals surface area contributed by atoms with Gasteiger partial charge in [0.15, 0.2) is 17.8 Å². The van der Waals surface area contributed by atoms with Gasteiger partial charge in [0.2, 0.25) is 5.91 Å². The highest BCUT2D eigenvalue weighted by atomic mass is 16.8. The zero-order chi connectivity index (χ0) is 21.1. The Balaban J connectivity index is 2.19. The number of terminal acetylenes is 1. The molecular formula is C19H26N2O7. The molecule has 28 heavy (non-hydrogen) atoms. The lowest BCUT2D eigenvalue weighted by Crippen LogP contribution is -2.44. The van der Waals surface area contributed by atoms with Gasteiger partial charge >= 0.3 is 6.09 Å². The van der Waals surface area contributed by atoms with Crippen molar-refractivity contribution in [1.29, 1.82) is 0 Å². The molecule has 2 rings (SSSR count). The molecule has 0 bridgehead atoms. The number of carbonyl (C=O) groups excluding carboxylic acids is 3. The van der Waals surface area contributed by atoms with E-state index in [1.807, 2.05) is 0 Å². The van der Waals surface area contributed by atoms with Crippen LogP contribution < -0.4 is 5.32 Å². The van der Waals surface area contributed by atoms with E-state index in [0.29, 0.717) is 5.57 Å². The second kappa shape index (κ2) is 8.73. The molecule has 2 amide bonds. The highest BCUT2D eigenvalue weighted by Gasteiger charge is 2.57. The second-order valence-corrected chi connectivity index (χ2v) is 7.08. The summed E-state index contributed by atoms with van der Waals surface area (Å²) in [5.41, 5.74) is 0.391. The number of alkyl carbamates (subject to hydrolysis) is 1. The SMILES string of the molecule is C#CCNC(=O)OC[C@H]1O[C@@H](N(/C=C(/C)C(C)=O)C(C)=O)[C@H]2OC(C)(C)OC12. The number of hydrogen-bond acceptors (Lipinski definition) is 7. The van der Waals surface area contributed by atoms with Crippen LogP contribution in [-0.4, -0.2) is 66.2 Å². The predicted octanol–water partition coefficient (Wildman–Crippen LogP) is 0.932. The van der Waals surface area contributed by atoms with Gasteiger partial charge in [0.1, 0.15) is 24.9 Å². The number of Topliss-reactive ketones (excluding diaryl/α,β-unsaturated/α-hetero) is 1. The van der Waals surface area contributed by atoms with Crippen molar-refractivity contribution in [2.24, 2.45) is 0 Å². The number of carbonyl (C=O) groups is 3. The number of nitrogens with zero attached hydrogens (tertiary/aromatic N) is 1. The summed E-state index contributed by atoms with van der Waals surface area (Å²) >= 11 is 0. The molecule has 2 saturated heterocycles. The molecule has 2 fully saturated rings. The van der Waals surface area contributed by atoms with Gasteiger partial charge in [-0.2, -0.15) is 0 Å². The first kappa shape index (κ1) is 21.9. The zero-order valence-corrected chi connectivity index (χ0v) is 16.7. The maximum Gasteiger partial charge on any atom is 0.407 e. The van der Waals surface area contributed by atoms with Crippen LogP contribution >= 0.6 is 0 Å². The first-order valence-corrected chi connectivity index (χ1v) is 8.89. The monoisotopic (exact) mass is 394 g/mol. The third-order valence-electron chi connectivity index (χ3n) is 4.36. The van der Waals surface area contributed by atoms with E-state index < -0.39 is 36.4 Å². The van der Waals surface area contributed by atoms with E-state index >= 15 is 0 Å². The molecule has 9 heteroatoms. The van der Waals surface area contributed by atoms with Crippen molar-refractivity contribution in [3.05, 3.63) is 11.8 Å². The fourth-order valence-electron chi connectivity index (χ4n) is 2.99. The highest BCUT2D eigenvalue weighted by Crippen LogP contribution is 2.40. The van der Waals surface area contributed by atoms with E-state index in [9.17, 15) is 14.4 Å². The third kappa shape index (κ3) is 5.10. The number of amides is 2. The number of fused-ring (bicyclic) bond motifs is 1. The van der Waals surface area contributed by atoms with E-state index in [2.05, 4.69) is 11.2 Å². The lowest BCUT2D eigenvalue weighted by Gasteiger charge is -2.30. The molecule has 1 N–H and O–H groups in total. The van der Waals surface area contributed by atoms with Gasteiger partial charge in [-0.3, -0.25) is 14.5 Å². The minimum atomic E-state index is -0.900. The molecule has 2 aliphatic rings. The molecule has 0 aromatic rings. The van der Waals surface area contributed by atoms with Crippen LogP contribution in [-0.2, 0) is 28.5 Å². The van der Waals surface area contributed by atoms with E-state index in [4.69, 9.17) is 25.4 Å². The maximum atomic E-state index is 12.2. The van der Waals surface area contributed by atoms with Crippen molar-refractivity contribution in [2.75, 3.05) is 13.2 Å². The number of ether oxygens (including phenoxy) is 4. The molecular weight excluding hydrogens is 368 g/mol. The molecule has 0 aromatic carbocycles. The summed E-state index contributed by atoms with van der Waals surface area (Å²) in [6.45, 7) is 7.79. The van der Waals surface area contributed by atoms with Gasteiger partial charge in [-0.1, -0.05) is 5.92 Å². The van der Waals surface area contributed by atoms with Gasteiger partial charge in [-0.25, -0.2) is 4.79 Å². The Morgan fingerprint density at radius 1 is 1.21 bits per heavy atom. The van der Waals surface area contributed by atoms with Gasteiger partial charge in [-0.05, 0) is 27.7 Å². The Kier molecular flexibility index (Phi) is 6.82. The lowest BCUT2D eigenvalue weighted by molar-refractivity contribution is -0.205. The van der Waals surface area contributed by atoms with Gasteiger partial charge < -0.3 is 24.3 Å². The largest absolute Gasteiger partial charge is 0.447 e. The molecule has 9 nitrogen and oxygen atoms in total. The van der Waals surface area contributed by atoms with E-state index in [1.54, 1.807) is 20.8 Å². The van der Waals surface area contributed by atoms with Crippen LogP contribution in [0, 0.1) is 12.3 Å². The molecule has 2 heterocycles. The van der Waals surface area contributed by atoms with Crippen LogP contribution in [0.4, 0.5) is 4.79 Å². The van der Waals surface area contributed by atoms with Crippen molar-refractivity contribution in [3.8, 4) is 12.3 Å². The standard InChI is InChI=1S/C19H26N2O7/c1-7-8-20-18(24)25-10-14-15-16(28-19(5,6)27-15)17(26-14)21(13(4)23)9-11(2)12(3)22/h1,9,14-17H,8,10H2,2-6H3,(H,20,24)/b11-9-/t14-,15?,16+,17-/m1/s1. The van der Waals surface area contributed by atoms with Crippen LogP contribution in [0.3, 0.4) is 0 Å². The van der Waals surface area contributed by atoms with Crippen LogP contribution in [0.15, 0.2) is 11.8 Å². The Morgan fingerprint density at radius 3 is 2.43 bits per heavy atom. The van der Waals surface area contributed by atoms with Gasteiger partial charge in [0.25, 0.3) is 0 Å². The Labute approximate surface area is 164 Å². The summed E-state index contributed by atoms with van der Waals surface area (Å²) in [7, 11) is 0. The van der Waals surface area contributed by atoms with Crippen LogP contribution in [0.1, 0.15) is 34.6 Å². The van der Waals surface area contributed by atoms with E-state index in [1.165, 1.54) is 24.9 Å². The summed E-state index contributed by atoms with van der Waals surface area (Å²) in [5, 5.41) is 2.39. The minimum Gasteiger partial charge on any atom is -0.447 e. The van der Waals surface area contributed by atoms with Gasteiger partial charge in [-0.15, -0.1) is 6.42 Å². The van der Waals surface area contributed by atoms with Crippen LogP contribution in [0.25, 0.3) is 0 Å². The highest BCUT2D eigenvalue weighted by molar-refractivity contribution is 5.93. The molecule has 154 valence electrons. The first-order chi connectivity index (χ1) is 13.1. The van der Waals surface area contributed by atoms with Gasteiger partial charge in [0, 0.05) is 18.7 Å². The number of ketones is 1. The van der Waals surface area contributed by atoms with Crippen molar-refractivity contribution in [3.63, 3.8) is 0 Å². The van der Waals surface area contributed by atoms with Gasteiger partial charge in [0.05, 0.1) is 6.54 Å². The molecule has 0 radical (unpaired) electrons. The molecule has 0 aliphatic carbocycles.